The molecule has 6 nitrogen and oxygen atoms in total. The zero-order valence-electron chi connectivity index (χ0n) is 18.9. The van der Waals surface area contributed by atoms with Gasteiger partial charge in [-0.1, -0.05) is 42.0 Å². The third-order valence-corrected chi connectivity index (χ3v) is 5.75. The predicted molar refractivity (Wildman–Crippen MR) is 127 cm³/mol. The van der Waals surface area contributed by atoms with Crippen molar-refractivity contribution in [3.8, 4) is 0 Å². The lowest BCUT2D eigenvalue weighted by Gasteiger charge is -2.22. The van der Waals surface area contributed by atoms with Crippen LogP contribution in [0.5, 0.6) is 0 Å². The Morgan fingerprint density at radius 3 is 2.81 bits per heavy atom. The van der Waals surface area contributed by atoms with Crippen molar-refractivity contribution in [3.05, 3.63) is 88.8 Å². The van der Waals surface area contributed by atoms with Gasteiger partial charge in [0.15, 0.2) is 5.69 Å². The molecule has 2 aromatic heterocycles. The van der Waals surface area contributed by atoms with Gasteiger partial charge in [-0.15, -0.1) is 0 Å². The maximum absolute atomic E-state index is 12.1. The summed E-state index contributed by atoms with van der Waals surface area (Å²) in [6.45, 7) is 8.87. The summed E-state index contributed by atoms with van der Waals surface area (Å²) in [5.74, 6) is 0.345. The molecule has 0 aliphatic rings. The van der Waals surface area contributed by atoms with E-state index in [1.807, 2.05) is 13.0 Å². The standard InChI is InChI=1S/C26H30N4O2/c1-4-27-26(31)24-17-32-25(29-24)16-30(15-21-13-18(2)9-10-19(21)3)12-11-20-14-28-23-8-6-5-7-22(20)23/h5-10,13-14,17,28H,4,11-12,15-16H2,1-3H3,(H,27,31). The fourth-order valence-electron chi connectivity index (χ4n) is 3.97. The van der Waals surface area contributed by atoms with Crippen LogP contribution in [0, 0.1) is 13.8 Å². The number of hydrogen-bond donors (Lipinski definition) is 2. The summed E-state index contributed by atoms with van der Waals surface area (Å²) in [6.07, 6.45) is 4.44. The van der Waals surface area contributed by atoms with Crippen molar-refractivity contribution in [2.45, 2.75) is 40.3 Å². The number of H-pyrrole nitrogens is 1. The molecule has 2 aromatic carbocycles. The second kappa shape index (κ2) is 9.83. The number of amides is 1. The molecule has 0 bridgehead atoms. The SMILES string of the molecule is CCNC(=O)c1coc(CN(CCc2c[nH]c3ccccc23)Cc2cc(C)ccc2C)n1. The van der Waals surface area contributed by atoms with Crippen LogP contribution in [0.3, 0.4) is 0 Å². The van der Waals surface area contributed by atoms with Crippen LogP contribution in [-0.2, 0) is 19.5 Å². The Morgan fingerprint density at radius 2 is 1.97 bits per heavy atom. The van der Waals surface area contributed by atoms with E-state index in [0.717, 1.165) is 25.0 Å². The molecule has 4 rings (SSSR count). The van der Waals surface area contributed by atoms with Crippen LogP contribution >= 0.6 is 0 Å². The van der Waals surface area contributed by atoms with Gasteiger partial charge in [0.2, 0.25) is 5.89 Å². The van der Waals surface area contributed by atoms with E-state index in [1.54, 1.807) is 0 Å². The molecule has 2 heterocycles. The molecule has 32 heavy (non-hydrogen) atoms. The van der Waals surface area contributed by atoms with E-state index in [4.69, 9.17) is 4.42 Å². The maximum Gasteiger partial charge on any atom is 0.273 e. The quantitative estimate of drug-likeness (QED) is 0.401. The number of carbonyl (C=O) groups is 1. The van der Waals surface area contributed by atoms with Gasteiger partial charge in [-0.05, 0) is 49.9 Å². The third-order valence-electron chi connectivity index (χ3n) is 5.75. The topological polar surface area (TPSA) is 74.2 Å². The van der Waals surface area contributed by atoms with Gasteiger partial charge in [0.25, 0.3) is 5.91 Å². The zero-order valence-corrected chi connectivity index (χ0v) is 18.9. The number of benzene rings is 2. The average Bonchev–Trinajstić information content (AvgIpc) is 3.42. The first kappa shape index (κ1) is 21.8. The Bertz CT molecular complexity index is 1210. The van der Waals surface area contributed by atoms with Crippen molar-refractivity contribution in [3.63, 3.8) is 0 Å². The molecule has 0 fully saturated rings. The molecular weight excluding hydrogens is 400 g/mol. The number of aryl methyl sites for hydroxylation is 2. The van der Waals surface area contributed by atoms with Crippen LogP contribution in [-0.4, -0.2) is 33.9 Å². The summed E-state index contributed by atoms with van der Waals surface area (Å²) in [5, 5.41) is 4.02. The summed E-state index contributed by atoms with van der Waals surface area (Å²) in [6, 6.07) is 14.9. The first-order valence-corrected chi connectivity index (χ1v) is 11.1. The van der Waals surface area contributed by atoms with Gasteiger partial charge in [0.05, 0.1) is 6.54 Å². The van der Waals surface area contributed by atoms with Crippen molar-refractivity contribution in [2.24, 2.45) is 0 Å². The number of oxazole rings is 1. The van der Waals surface area contributed by atoms with Crippen molar-refractivity contribution in [1.29, 1.82) is 0 Å². The lowest BCUT2D eigenvalue weighted by molar-refractivity contribution is 0.0950. The fraction of sp³-hybridized carbons (Fsp3) is 0.308. The van der Waals surface area contributed by atoms with E-state index < -0.39 is 0 Å². The third kappa shape index (κ3) is 5.08. The summed E-state index contributed by atoms with van der Waals surface area (Å²) in [4.78, 5) is 22.2. The molecule has 0 radical (unpaired) electrons. The lowest BCUT2D eigenvalue weighted by atomic mass is 10.0. The highest BCUT2D eigenvalue weighted by Crippen LogP contribution is 2.20. The van der Waals surface area contributed by atoms with Crippen molar-refractivity contribution < 1.29 is 9.21 Å². The van der Waals surface area contributed by atoms with Crippen LogP contribution in [0.25, 0.3) is 10.9 Å². The second-order valence-corrected chi connectivity index (χ2v) is 8.24. The molecule has 0 aliphatic heterocycles. The summed E-state index contributed by atoms with van der Waals surface area (Å²) in [5.41, 5.74) is 6.58. The monoisotopic (exact) mass is 430 g/mol. The van der Waals surface area contributed by atoms with Crippen LogP contribution in [0.2, 0.25) is 0 Å². The van der Waals surface area contributed by atoms with Gasteiger partial charge in [-0.3, -0.25) is 9.69 Å². The first-order valence-electron chi connectivity index (χ1n) is 11.1. The number of carbonyl (C=O) groups excluding carboxylic acids is 1. The number of nitrogens with one attached hydrogen (secondary N) is 2. The number of rotatable bonds is 9. The molecule has 2 N–H and O–H groups in total. The molecular formula is C26H30N4O2. The molecule has 0 saturated carbocycles. The number of aromatic nitrogens is 2. The van der Waals surface area contributed by atoms with E-state index >= 15 is 0 Å². The van der Waals surface area contributed by atoms with E-state index in [0.29, 0.717) is 24.7 Å². The smallest absolute Gasteiger partial charge is 0.273 e. The van der Waals surface area contributed by atoms with Gasteiger partial charge in [-0.25, -0.2) is 4.98 Å². The number of hydrogen-bond acceptors (Lipinski definition) is 4. The summed E-state index contributed by atoms with van der Waals surface area (Å²) in [7, 11) is 0. The lowest BCUT2D eigenvalue weighted by Crippen LogP contribution is -2.26. The first-order chi connectivity index (χ1) is 15.5. The highest BCUT2D eigenvalue weighted by Gasteiger charge is 2.16. The van der Waals surface area contributed by atoms with Gasteiger partial charge >= 0.3 is 0 Å². The minimum absolute atomic E-state index is 0.206. The second-order valence-electron chi connectivity index (χ2n) is 8.24. The number of para-hydroxylation sites is 1. The molecule has 0 aliphatic carbocycles. The Labute approximate surface area is 188 Å². The minimum Gasteiger partial charge on any atom is -0.447 e. The largest absolute Gasteiger partial charge is 0.447 e. The van der Waals surface area contributed by atoms with Gasteiger partial charge in [-0.2, -0.15) is 0 Å². The van der Waals surface area contributed by atoms with E-state index in [1.165, 1.54) is 33.9 Å². The fourth-order valence-corrected chi connectivity index (χ4v) is 3.97. The Kier molecular flexibility index (Phi) is 6.71. The predicted octanol–water partition coefficient (Wildman–Crippen LogP) is 4.77. The number of nitrogens with zero attached hydrogens (tertiary/aromatic N) is 2. The molecule has 0 atom stereocenters. The Hall–Kier alpha value is -3.38. The summed E-state index contributed by atoms with van der Waals surface area (Å²) < 4.78 is 5.64. The molecule has 0 saturated heterocycles. The number of fused-ring (bicyclic) bond motifs is 1. The highest BCUT2D eigenvalue weighted by molar-refractivity contribution is 5.91. The molecule has 6 heteroatoms. The Morgan fingerprint density at radius 1 is 1.12 bits per heavy atom. The van der Waals surface area contributed by atoms with Crippen LogP contribution in [0.1, 0.15) is 45.6 Å². The van der Waals surface area contributed by atoms with Crippen molar-refractivity contribution >= 4 is 16.8 Å². The number of aromatic amines is 1. The molecule has 1 amide bonds. The van der Waals surface area contributed by atoms with Gasteiger partial charge in [0.1, 0.15) is 6.26 Å². The molecule has 166 valence electrons. The zero-order chi connectivity index (χ0) is 22.5. The van der Waals surface area contributed by atoms with Crippen molar-refractivity contribution in [2.75, 3.05) is 13.1 Å². The van der Waals surface area contributed by atoms with Gasteiger partial charge < -0.3 is 14.7 Å². The average molecular weight is 431 g/mol. The normalized spacial score (nSPS) is 11.4. The molecule has 4 aromatic rings. The van der Waals surface area contributed by atoms with Crippen molar-refractivity contribution in [1.82, 2.24) is 20.2 Å². The summed E-state index contributed by atoms with van der Waals surface area (Å²) >= 11 is 0. The van der Waals surface area contributed by atoms with E-state index in [2.05, 4.69) is 76.6 Å². The molecule has 0 unspecified atom stereocenters. The Balaban J connectivity index is 1.53. The van der Waals surface area contributed by atoms with Crippen LogP contribution in [0.15, 0.2) is 59.3 Å². The minimum atomic E-state index is -0.206. The van der Waals surface area contributed by atoms with E-state index in [-0.39, 0.29) is 5.91 Å². The van der Waals surface area contributed by atoms with Crippen LogP contribution in [0.4, 0.5) is 0 Å². The van der Waals surface area contributed by atoms with Gasteiger partial charge in [0, 0.05) is 36.7 Å². The highest BCUT2D eigenvalue weighted by atomic mass is 16.3. The van der Waals surface area contributed by atoms with E-state index in [9.17, 15) is 4.79 Å². The van der Waals surface area contributed by atoms with Crippen LogP contribution < -0.4 is 5.32 Å². The maximum atomic E-state index is 12.1. The molecule has 0 spiro atoms.